The van der Waals surface area contributed by atoms with Gasteiger partial charge in [0.05, 0.1) is 56.3 Å². The number of nitrogens with zero attached hydrogens (tertiary/aromatic N) is 2. The van der Waals surface area contributed by atoms with E-state index in [-0.39, 0.29) is 50.5 Å². The van der Waals surface area contributed by atoms with Gasteiger partial charge in [-0.1, -0.05) is 48.3 Å². The average Bonchev–Trinajstić information content (AvgIpc) is 3.12. The van der Waals surface area contributed by atoms with Crippen molar-refractivity contribution in [1.29, 1.82) is 0 Å². The highest BCUT2D eigenvalue weighted by Crippen LogP contribution is 2.51. The van der Waals surface area contributed by atoms with Gasteiger partial charge in [-0.15, -0.1) is 4.15 Å². The Morgan fingerprint density at radius 2 is 1.32 bits per heavy atom. The molecule has 322 valence electrons. The quantitative estimate of drug-likeness (QED) is 0.0528. The van der Waals surface area contributed by atoms with Crippen molar-refractivity contribution in [2.24, 2.45) is 14.2 Å². The van der Waals surface area contributed by atoms with E-state index >= 15 is 0 Å². The molecule has 2 rings (SSSR count). The summed E-state index contributed by atoms with van der Waals surface area (Å²) in [6.45, 7) is 1.33. The second-order valence-corrected chi connectivity index (χ2v) is 20.2. The lowest BCUT2D eigenvalue weighted by Gasteiger charge is -2.26. The molecule has 2 aromatic carbocycles. The van der Waals surface area contributed by atoms with Crippen molar-refractivity contribution in [3.05, 3.63) is 60.2 Å². The van der Waals surface area contributed by atoms with E-state index in [1.165, 1.54) is 19.1 Å². The van der Waals surface area contributed by atoms with Crippen molar-refractivity contribution in [2.45, 2.75) is 69.9 Å². The third kappa shape index (κ3) is 20.9. The van der Waals surface area contributed by atoms with Gasteiger partial charge in [0.15, 0.2) is 0 Å². The Balaban J connectivity index is 2.50. The smallest absolute Gasteiger partial charge is 0.368 e. The Hall–Kier alpha value is -3.11. The van der Waals surface area contributed by atoms with E-state index in [1.54, 1.807) is 30.3 Å². The van der Waals surface area contributed by atoms with Crippen LogP contribution in [-0.2, 0) is 58.9 Å². The number of hydrogen-bond acceptors (Lipinski definition) is 13. The molecule has 0 saturated heterocycles. The van der Waals surface area contributed by atoms with Gasteiger partial charge >= 0.3 is 15.5 Å². The molecule has 24 heteroatoms. The van der Waals surface area contributed by atoms with Crippen molar-refractivity contribution < 1.29 is 69.3 Å². The highest BCUT2D eigenvalue weighted by Gasteiger charge is 2.31. The molecule has 4 atom stereocenters. The van der Waals surface area contributed by atoms with Gasteiger partial charge < -0.3 is 40.5 Å². The molecule has 0 aliphatic rings. The van der Waals surface area contributed by atoms with Gasteiger partial charge in [-0.2, -0.15) is 8.42 Å². The van der Waals surface area contributed by atoms with Crippen molar-refractivity contribution in [2.75, 3.05) is 51.2 Å². The molecule has 0 spiro atoms. The molecule has 0 fully saturated rings. The van der Waals surface area contributed by atoms with Crippen molar-refractivity contribution >= 4 is 58.9 Å². The van der Waals surface area contributed by atoms with Crippen molar-refractivity contribution in [3.8, 4) is 0 Å². The number of sulfonamides is 2. The first-order chi connectivity index (χ1) is 26.7. The summed E-state index contributed by atoms with van der Waals surface area (Å²) in [6.07, 6.45) is 1.48. The first-order valence-corrected chi connectivity index (χ1v) is 24.0. The summed E-state index contributed by atoms with van der Waals surface area (Å²) in [5.41, 5.74) is 1.08. The minimum atomic E-state index is -4.95. The van der Waals surface area contributed by atoms with Gasteiger partial charge in [-0.05, 0) is 55.0 Å². The standard InChI is InChI=1S/C33H53N5O15P2S2/c1-25(2)11-17-32(42)35-29(21-40)22-51-55(45,38-57(48,49)31-15-13-28(14-16-31)34-26(3)41)53-24-30(36-33(43)18-12-27-9-6-5-7-10-27)23-52-54(44,37-56(4,46)47)50-20-8-19-39/h5-7,9-10,13-16,25,29-30,39-40,44-45H,8,11-12,17-24H2,1-4H3,(H,34,41)(H,35,42)(H,36,43). The molecule has 0 bridgehead atoms. The lowest BCUT2D eigenvalue weighted by atomic mass is 10.1. The zero-order valence-electron chi connectivity index (χ0n) is 32.1. The predicted octanol–water partition coefficient (Wildman–Crippen LogP) is 2.65. The maximum atomic E-state index is 13.5. The Kier molecular flexibility index (Phi) is 21.1. The fourth-order valence-electron chi connectivity index (χ4n) is 4.46. The molecular formula is C33H53N5O15P2S2. The van der Waals surface area contributed by atoms with Crippen LogP contribution in [0.4, 0.5) is 5.69 Å². The zero-order valence-corrected chi connectivity index (χ0v) is 35.5. The summed E-state index contributed by atoms with van der Waals surface area (Å²) in [6, 6.07) is 11.1. The second kappa shape index (κ2) is 24.1. The van der Waals surface area contributed by atoms with E-state index < -0.39 is 96.6 Å². The number of amides is 3. The fraction of sp³-hybridized carbons (Fsp3) is 0.545. The van der Waals surface area contributed by atoms with Crippen molar-refractivity contribution in [3.63, 3.8) is 0 Å². The molecule has 57 heavy (non-hydrogen) atoms. The van der Waals surface area contributed by atoms with Gasteiger partial charge in [0.1, 0.15) is 0 Å². The molecule has 4 unspecified atom stereocenters. The van der Waals surface area contributed by atoms with Gasteiger partial charge in [0.25, 0.3) is 20.0 Å². The molecule has 7 N–H and O–H groups in total. The van der Waals surface area contributed by atoms with Gasteiger partial charge in [0.2, 0.25) is 17.7 Å². The molecule has 0 radical (unpaired) electrons. The maximum absolute atomic E-state index is 13.5. The van der Waals surface area contributed by atoms with Crippen LogP contribution in [0.15, 0.2) is 67.8 Å². The van der Waals surface area contributed by atoms with Crippen LogP contribution in [0.25, 0.3) is 0 Å². The molecule has 20 nitrogen and oxygen atoms in total. The number of rotatable bonds is 26. The average molecular weight is 886 g/mol. The van der Waals surface area contributed by atoms with Crippen LogP contribution < -0.4 is 16.0 Å². The first kappa shape index (κ1) is 50.0. The van der Waals surface area contributed by atoms with Gasteiger partial charge in [-0.3, -0.25) is 28.0 Å². The maximum Gasteiger partial charge on any atom is 0.368 e. The number of carbonyl (C=O) groups excluding carboxylic acids is 3. The third-order valence-corrected chi connectivity index (χ3v) is 13.8. The SMILES string of the molecule is CC(=O)Nc1ccc(S(=O)(=O)N=P(O)(OCC(CO)NC(=O)CCC(C)C)OCC(COP(O)(=NS(C)(=O)=O)OCCCO)NC(=O)CCc2ccccc2)cc1. The summed E-state index contributed by atoms with van der Waals surface area (Å²) in [5, 5.41) is 26.7. The lowest BCUT2D eigenvalue weighted by molar-refractivity contribution is -0.123. The van der Waals surface area contributed by atoms with Crippen LogP contribution >= 0.6 is 15.5 Å². The van der Waals surface area contributed by atoms with E-state index in [0.29, 0.717) is 12.7 Å². The molecule has 0 aliphatic heterocycles. The first-order valence-electron chi connectivity index (χ1n) is 17.6. The van der Waals surface area contributed by atoms with Gasteiger partial charge in [-0.25, -0.2) is 8.42 Å². The molecule has 2 aromatic rings. The second-order valence-electron chi connectivity index (χ2n) is 13.0. The number of benzene rings is 2. The zero-order chi connectivity index (χ0) is 42.7. The van der Waals surface area contributed by atoms with Crippen LogP contribution in [0.2, 0.25) is 0 Å². The number of carbonyl (C=O) groups is 3. The van der Waals surface area contributed by atoms with E-state index in [9.17, 15) is 46.1 Å². The molecule has 0 saturated carbocycles. The number of anilines is 1. The van der Waals surface area contributed by atoms with Crippen LogP contribution in [0.5, 0.6) is 0 Å². The summed E-state index contributed by atoms with van der Waals surface area (Å²) in [4.78, 5) is 59.2. The van der Waals surface area contributed by atoms with E-state index in [0.717, 1.165) is 17.7 Å². The largest absolute Gasteiger partial charge is 0.396 e. The van der Waals surface area contributed by atoms with Gasteiger partial charge in [0, 0.05) is 32.1 Å². The summed E-state index contributed by atoms with van der Waals surface area (Å²) < 4.78 is 79.5. The Morgan fingerprint density at radius 1 is 0.772 bits per heavy atom. The summed E-state index contributed by atoms with van der Waals surface area (Å²) in [7, 11) is -18.6. The lowest BCUT2D eigenvalue weighted by Crippen LogP contribution is -2.42. The Labute approximate surface area is 333 Å². The van der Waals surface area contributed by atoms with Crippen LogP contribution in [0.3, 0.4) is 0 Å². The van der Waals surface area contributed by atoms with E-state index in [1.807, 2.05) is 13.8 Å². The predicted molar refractivity (Wildman–Crippen MR) is 211 cm³/mol. The third-order valence-electron chi connectivity index (χ3n) is 7.21. The minimum absolute atomic E-state index is 0.0263. The highest BCUT2D eigenvalue weighted by atomic mass is 32.2. The summed E-state index contributed by atoms with van der Waals surface area (Å²) >= 11 is 0. The molecule has 0 aliphatic carbocycles. The Bertz CT molecular complexity index is 1940. The molecule has 3 amide bonds. The Morgan fingerprint density at radius 3 is 1.84 bits per heavy atom. The minimum Gasteiger partial charge on any atom is -0.396 e. The van der Waals surface area contributed by atoms with Crippen LogP contribution in [0.1, 0.15) is 52.0 Å². The van der Waals surface area contributed by atoms with Crippen LogP contribution in [-0.4, -0.2) is 113 Å². The number of nitrogens with one attached hydrogen (secondary N) is 3. The number of aryl methyl sites for hydroxylation is 1. The topological polar surface area (TPSA) is 298 Å². The normalized spacial score (nSPS) is 15.1. The van der Waals surface area contributed by atoms with Crippen LogP contribution in [0, 0.1) is 5.92 Å². The molecule has 0 aromatic heterocycles. The van der Waals surface area contributed by atoms with E-state index in [2.05, 4.69) is 24.3 Å². The number of aliphatic hydroxyl groups is 2. The summed E-state index contributed by atoms with van der Waals surface area (Å²) in [5.74, 6) is -1.28. The number of hydrogen-bond donors (Lipinski definition) is 7. The fourth-order valence-corrected chi connectivity index (χ4v) is 10.3. The monoisotopic (exact) mass is 885 g/mol. The molecule has 0 heterocycles. The molecular weight excluding hydrogens is 832 g/mol. The number of aliphatic hydroxyl groups excluding tert-OH is 2. The van der Waals surface area contributed by atoms with Crippen molar-refractivity contribution in [1.82, 2.24) is 10.6 Å². The highest BCUT2D eigenvalue weighted by molar-refractivity contribution is 7.93. The van der Waals surface area contributed by atoms with E-state index in [4.69, 9.17) is 23.2 Å².